The van der Waals surface area contributed by atoms with Gasteiger partial charge in [-0.2, -0.15) is 4.31 Å². The Bertz CT molecular complexity index is 567. The zero-order valence-electron chi connectivity index (χ0n) is 12.3. The van der Waals surface area contributed by atoms with Crippen molar-refractivity contribution in [2.45, 2.75) is 44.6 Å². The van der Waals surface area contributed by atoms with E-state index in [1.165, 1.54) is 0 Å². The van der Waals surface area contributed by atoms with Crippen LogP contribution >= 0.6 is 0 Å². The molecule has 1 aromatic rings. The van der Waals surface area contributed by atoms with Crippen molar-refractivity contribution in [2.24, 2.45) is 11.1 Å². The number of hydrogen-bond acceptors (Lipinski definition) is 3. The molecule has 1 fully saturated rings. The number of nitrogens with two attached hydrogens (primary N) is 1. The maximum absolute atomic E-state index is 12.7. The second kappa shape index (κ2) is 5.84. The third-order valence-corrected chi connectivity index (χ3v) is 5.97. The van der Waals surface area contributed by atoms with Crippen LogP contribution in [0.4, 0.5) is 0 Å². The van der Waals surface area contributed by atoms with Crippen LogP contribution in [0.1, 0.15) is 38.7 Å². The van der Waals surface area contributed by atoms with E-state index in [2.05, 4.69) is 13.8 Å². The average molecular weight is 296 g/mol. The molecule has 112 valence electrons. The molecular weight excluding hydrogens is 272 g/mol. The molecule has 1 heterocycles. The number of benzene rings is 1. The summed E-state index contributed by atoms with van der Waals surface area (Å²) < 4.78 is 27.0. The van der Waals surface area contributed by atoms with Crippen molar-refractivity contribution in [2.75, 3.05) is 13.1 Å². The highest BCUT2D eigenvalue weighted by molar-refractivity contribution is 7.89. The van der Waals surface area contributed by atoms with Gasteiger partial charge in [0, 0.05) is 19.6 Å². The van der Waals surface area contributed by atoms with E-state index in [0.717, 1.165) is 24.8 Å². The fourth-order valence-electron chi connectivity index (χ4n) is 2.62. The second-order valence-corrected chi connectivity index (χ2v) is 8.21. The molecule has 2 rings (SSSR count). The van der Waals surface area contributed by atoms with E-state index in [1.54, 1.807) is 22.5 Å². The van der Waals surface area contributed by atoms with Gasteiger partial charge in [0.25, 0.3) is 0 Å². The maximum Gasteiger partial charge on any atom is 0.243 e. The van der Waals surface area contributed by atoms with Crippen molar-refractivity contribution >= 4 is 10.0 Å². The molecule has 20 heavy (non-hydrogen) atoms. The van der Waals surface area contributed by atoms with Crippen LogP contribution in [0.25, 0.3) is 0 Å². The fraction of sp³-hybridized carbons (Fsp3) is 0.600. The van der Waals surface area contributed by atoms with Crippen LogP contribution < -0.4 is 5.73 Å². The largest absolute Gasteiger partial charge is 0.326 e. The van der Waals surface area contributed by atoms with Gasteiger partial charge < -0.3 is 5.73 Å². The first-order valence-electron chi connectivity index (χ1n) is 7.14. The van der Waals surface area contributed by atoms with Gasteiger partial charge in [0.2, 0.25) is 10.0 Å². The van der Waals surface area contributed by atoms with Crippen molar-refractivity contribution in [3.8, 4) is 0 Å². The van der Waals surface area contributed by atoms with Crippen molar-refractivity contribution in [1.29, 1.82) is 0 Å². The van der Waals surface area contributed by atoms with Gasteiger partial charge in [-0.25, -0.2) is 8.42 Å². The van der Waals surface area contributed by atoms with E-state index < -0.39 is 10.0 Å². The zero-order valence-corrected chi connectivity index (χ0v) is 13.1. The highest BCUT2D eigenvalue weighted by atomic mass is 32.2. The predicted octanol–water partition coefficient (Wildman–Crippen LogP) is 2.35. The summed E-state index contributed by atoms with van der Waals surface area (Å²) in [4.78, 5) is 0.361. The standard InChI is InChI=1S/C15H24N2O2S/c1-15(2)7-4-9-17(10-8-15)20(18,19)14-6-3-5-13(11-14)12-16/h3,5-6,11H,4,7-10,12,16H2,1-2H3. The second-order valence-electron chi connectivity index (χ2n) is 6.27. The molecule has 0 spiro atoms. The first-order chi connectivity index (χ1) is 9.35. The third kappa shape index (κ3) is 3.40. The van der Waals surface area contributed by atoms with Crippen molar-refractivity contribution < 1.29 is 8.42 Å². The van der Waals surface area contributed by atoms with E-state index in [-0.39, 0.29) is 5.41 Å². The minimum absolute atomic E-state index is 0.226. The molecule has 0 saturated carbocycles. The van der Waals surface area contributed by atoms with E-state index in [4.69, 9.17) is 5.73 Å². The summed E-state index contributed by atoms with van der Waals surface area (Å²) in [6.45, 7) is 5.98. The zero-order chi connectivity index (χ0) is 14.8. The summed E-state index contributed by atoms with van der Waals surface area (Å²) in [6.07, 6.45) is 2.90. The summed E-state index contributed by atoms with van der Waals surface area (Å²) >= 11 is 0. The van der Waals surface area contributed by atoms with E-state index >= 15 is 0 Å². The number of sulfonamides is 1. The summed E-state index contributed by atoms with van der Waals surface area (Å²) in [5, 5.41) is 0. The van der Waals surface area contributed by atoms with Crippen LogP contribution in [0.15, 0.2) is 29.2 Å². The molecule has 1 aromatic carbocycles. The van der Waals surface area contributed by atoms with Crippen LogP contribution in [0.2, 0.25) is 0 Å². The smallest absolute Gasteiger partial charge is 0.243 e. The molecule has 1 aliphatic rings. The lowest BCUT2D eigenvalue weighted by atomic mass is 9.85. The molecule has 5 heteroatoms. The molecule has 0 atom stereocenters. The quantitative estimate of drug-likeness (QED) is 0.931. The third-order valence-electron chi connectivity index (χ3n) is 4.07. The average Bonchev–Trinajstić information content (AvgIpc) is 2.60. The first-order valence-corrected chi connectivity index (χ1v) is 8.58. The van der Waals surface area contributed by atoms with Crippen molar-refractivity contribution in [3.05, 3.63) is 29.8 Å². The van der Waals surface area contributed by atoms with Gasteiger partial charge in [0.15, 0.2) is 0 Å². The fourth-order valence-corrected chi connectivity index (χ4v) is 4.17. The molecule has 0 bridgehead atoms. The highest BCUT2D eigenvalue weighted by Crippen LogP contribution is 2.31. The molecule has 0 radical (unpaired) electrons. The predicted molar refractivity (Wildman–Crippen MR) is 80.7 cm³/mol. The molecule has 2 N–H and O–H groups in total. The van der Waals surface area contributed by atoms with Crippen LogP contribution in [0, 0.1) is 5.41 Å². The molecule has 1 aliphatic heterocycles. The summed E-state index contributed by atoms with van der Waals surface area (Å²) in [5.74, 6) is 0. The molecule has 0 amide bonds. The summed E-state index contributed by atoms with van der Waals surface area (Å²) in [7, 11) is -3.39. The summed E-state index contributed by atoms with van der Waals surface area (Å²) in [5.41, 5.74) is 6.67. The molecular formula is C15H24N2O2S. The highest BCUT2D eigenvalue weighted by Gasteiger charge is 2.30. The minimum atomic E-state index is -3.39. The van der Waals surface area contributed by atoms with Gasteiger partial charge >= 0.3 is 0 Å². The lowest BCUT2D eigenvalue weighted by Gasteiger charge is -2.23. The van der Waals surface area contributed by atoms with E-state index in [9.17, 15) is 8.42 Å². The number of rotatable bonds is 3. The minimum Gasteiger partial charge on any atom is -0.326 e. The van der Waals surface area contributed by atoms with Crippen molar-refractivity contribution in [3.63, 3.8) is 0 Å². The number of nitrogens with zero attached hydrogens (tertiary/aromatic N) is 1. The Labute approximate surface area is 122 Å². The molecule has 4 nitrogen and oxygen atoms in total. The first kappa shape index (κ1) is 15.5. The lowest BCUT2D eigenvalue weighted by molar-refractivity contribution is 0.315. The van der Waals surface area contributed by atoms with Gasteiger partial charge in [-0.1, -0.05) is 26.0 Å². The molecule has 0 unspecified atom stereocenters. The van der Waals surface area contributed by atoms with Gasteiger partial charge in [0.05, 0.1) is 4.90 Å². The van der Waals surface area contributed by atoms with Gasteiger partial charge in [-0.15, -0.1) is 0 Å². The van der Waals surface area contributed by atoms with Gasteiger partial charge in [-0.05, 0) is 42.4 Å². The Balaban J connectivity index is 2.25. The van der Waals surface area contributed by atoms with E-state index in [1.807, 2.05) is 6.07 Å². The Hall–Kier alpha value is -0.910. The topological polar surface area (TPSA) is 63.4 Å². The van der Waals surface area contributed by atoms with Gasteiger partial charge in [0.1, 0.15) is 0 Å². The molecule has 1 saturated heterocycles. The van der Waals surface area contributed by atoms with Crippen LogP contribution in [0.5, 0.6) is 0 Å². The van der Waals surface area contributed by atoms with Crippen LogP contribution in [0.3, 0.4) is 0 Å². The Morgan fingerprint density at radius 2 is 2.00 bits per heavy atom. The Morgan fingerprint density at radius 3 is 2.70 bits per heavy atom. The van der Waals surface area contributed by atoms with Crippen molar-refractivity contribution in [1.82, 2.24) is 4.31 Å². The van der Waals surface area contributed by atoms with Crippen LogP contribution in [-0.2, 0) is 16.6 Å². The Kier molecular flexibility index (Phi) is 4.52. The summed E-state index contributed by atoms with van der Waals surface area (Å²) in [6, 6.07) is 6.96. The number of hydrogen-bond donors (Lipinski definition) is 1. The molecule has 0 aromatic heterocycles. The Morgan fingerprint density at radius 1 is 1.25 bits per heavy atom. The van der Waals surface area contributed by atoms with Gasteiger partial charge in [-0.3, -0.25) is 0 Å². The maximum atomic E-state index is 12.7. The SMILES string of the molecule is CC1(C)CCCN(S(=O)(=O)c2cccc(CN)c2)CC1. The van der Waals surface area contributed by atoms with Crippen LogP contribution in [-0.4, -0.2) is 25.8 Å². The molecule has 0 aliphatic carbocycles. The van der Waals surface area contributed by atoms with E-state index in [0.29, 0.717) is 24.5 Å². The normalized spacial score (nSPS) is 20.6. The lowest BCUT2D eigenvalue weighted by Crippen LogP contribution is -2.32. The monoisotopic (exact) mass is 296 g/mol.